The number of phenolic OH excluding ortho intramolecular Hbond substituents is 1. The molecule has 0 spiro atoms. The minimum Gasteiger partial charge on any atom is -0.508 e. The van der Waals surface area contributed by atoms with Crippen LogP contribution in [0.5, 0.6) is 5.75 Å². The van der Waals surface area contributed by atoms with Crippen LogP contribution in [0.3, 0.4) is 0 Å². The van der Waals surface area contributed by atoms with Gasteiger partial charge < -0.3 is 24.1 Å². The molecule has 2 aliphatic heterocycles. The summed E-state index contributed by atoms with van der Waals surface area (Å²) < 4.78 is 17.8. The Hall–Kier alpha value is -2.09. The molecule has 0 aliphatic carbocycles. The molecule has 1 amide bonds. The molecule has 28 heavy (non-hydrogen) atoms. The summed E-state index contributed by atoms with van der Waals surface area (Å²) in [7, 11) is -0.619. The van der Waals surface area contributed by atoms with Gasteiger partial charge in [0.2, 0.25) is 0 Å². The van der Waals surface area contributed by atoms with E-state index in [4.69, 9.17) is 14.0 Å². The van der Waals surface area contributed by atoms with Crippen molar-refractivity contribution in [3.8, 4) is 5.75 Å². The van der Waals surface area contributed by atoms with Crippen molar-refractivity contribution in [3.05, 3.63) is 35.9 Å². The molecule has 0 atom stereocenters. The van der Waals surface area contributed by atoms with Gasteiger partial charge in [-0.25, -0.2) is 0 Å². The number of rotatable bonds is 2. The molecule has 2 heterocycles. The highest BCUT2D eigenvalue weighted by atomic mass is 16.7. The highest BCUT2D eigenvalue weighted by molar-refractivity contribution is 6.65. The summed E-state index contributed by atoms with van der Waals surface area (Å²) in [4.78, 5) is 14.9. The Morgan fingerprint density at radius 3 is 2.32 bits per heavy atom. The van der Waals surface area contributed by atoms with Crippen LogP contribution < -0.4 is 5.46 Å². The molecule has 0 unspecified atom stereocenters. The summed E-state index contributed by atoms with van der Waals surface area (Å²) in [6, 6.07) is 8.83. The third-order valence-electron chi connectivity index (χ3n) is 6.02. The maximum atomic E-state index is 13.1. The zero-order chi connectivity index (χ0) is 20.1. The van der Waals surface area contributed by atoms with Crippen LogP contribution in [0.1, 0.15) is 38.1 Å². The molecular formula is C21H26BNO5. The van der Waals surface area contributed by atoms with Crippen molar-refractivity contribution in [3.63, 3.8) is 0 Å². The van der Waals surface area contributed by atoms with Gasteiger partial charge in [-0.2, -0.15) is 0 Å². The van der Waals surface area contributed by atoms with E-state index in [0.717, 1.165) is 16.2 Å². The van der Waals surface area contributed by atoms with Crippen LogP contribution in [0.25, 0.3) is 10.8 Å². The van der Waals surface area contributed by atoms with Crippen molar-refractivity contribution in [1.82, 2.24) is 4.90 Å². The Morgan fingerprint density at radius 2 is 1.68 bits per heavy atom. The van der Waals surface area contributed by atoms with Crippen LogP contribution in [0.15, 0.2) is 30.3 Å². The fourth-order valence-corrected chi connectivity index (χ4v) is 3.61. The second-order valence-electron chi connectivity index (χ2n) is 8.46. The van der Waals surface area contributed by atoms with Gasteiger partial charge in [0.25, 0.3) is 5.91 Å². The highest BCUT2D eigenvalue weighted by Gasteiger charge is 2.52. The number of ether oxygens (including phenoxy) is 1. The summed E-state index contributed by atoms with van der Waals surface area (Å²) >= 11 is 0. The topological polar surface area (TPSA) is 68.2 Å². The van der Waals surface area contributed by atoms with E-state index >= 15 is 0 Å². The second-order valence-corrected chi connectivity index (χ2v) is 8.46. The number of morpholine rings is 1. The molecule has 2 saturated heterocycles. The number of amides is 1. The van der Waals surface area contributed by atoms with Gasteiger partial charge in [0.15, 0.2) is 0 Å². The van der Waals surface area contributed by atoms with Crippen molar-refractivity contribution in [2.45, 2.75) is 38.9 Å². The Kier molecular flexibility index (Phi) is 4.64. The van der Waals surface area contributed by atoms with E-state index in [1.165, 1.54) is 0 Å². The number of aromatic hydroxyl groups is 1. The van der Waals surface area contributed by atoms with Crippen molar-refractivity contribution < 1.29 is 23.9 Å². The number of hydrogen-bond acceptors (Lipinski definition) is 5. The molecule has 0 radical (unpaired) electrons. The van der Waals surface area contributed by atoms with Crippen LogP contribution in [0, 0.1) is 0 Å². The molecule has 6 nitrogen and oxygen atoms in total. The molecule has 2 aromatic rings. The van der Waals surface area contributed by atoms with Crippen LogP contribution in [0.4, 0.5) is 0 Å². The number of phenols is 1. The number of carbonyl (C=O) groups excluding carboxylic acids is 1. The zero-order valence-corrected chi connectivity index (χ0v) is 16.8. The average molecular weight is 383 g/mol. The van der Waals surface area contributed by atoms with Crippen LogP contribution in [-0.2, 0) is 14.0 Å². The predicted octanol–water partition coefficient (Wildman–Crippen LogP) is 2.32. The maximum absolute atomic E-state index is 13.1. The Balaban J connectivity index is 1.80. The van der Waals surface area contributed by atoms with Gasteiger partial charge in [-0.3, -0.25) is 4.79 Å². The maximum Gasteiger partial charge on any atom is 0.495 e. The molecule has 2 aliphatic rings. The van der Waals surface area contributed by atoms with E-state index in [1.807, 2.05) is 45.9 Å². The standard InChI is InChI=1S/C21H26BNO5/c1-20(2)21(3,4)28-22(27-20)18-12-15(19(25)23-7-9-26-10-8-23)11-14-5-6-16(24)13-17(14)18/h5-6,11-13,24H,7-10H2,1-4H3. The van der Waals surface area contributed by atoms with Crippen LogP contribution in [0.2, 0.25) is 0 Å². The van der Waals surface area contributed by atoms with Gasteiger partial charge in [0, 0.05) is 18.7 Å². The lowest BCUT2D eigenvalue weighted by Crippen LogP contribution is -2.41. The Bertz CT molecular complexity index is 904. The lowest BCUT2D eigenvalue weighted by Gasteiger charge is -2.32. The second kappa shape index (κ2) is 6.76. The van der Waals surface area contributed by atoms with Crippen molar-refractivity contribution in [2.24, 2.45) is 0 Å². The average Bonchev–Trinajstić information content (AvgIpc) is 2.88. The Labute approximate surface area is 165 Å². The molecule has 0 bridgehead atoms. The fourth-order valence-electron chi connectivity index (χ4n) is 3.61. The largest absolute Gasteiger partial charge is 0.508 e. The van der Waals surface area contributed by atoms with E-state index in [0.29, 0.717) is 31.9 Å². The van der Waals surface area contributed by atoms with Crippen LogP contribution in [-0.4, -0.2) is 60.5 Å². The zero-order valence-electron chi connectivity index (χ0n) is 16.8. The molecular weight excluding hydrogens is 357 g/mol. The van der Waals surface area contributed by atoms with Crippen molar-refractivity contribution in [1.29, 1.82) is 0 Å². The SMILES string of the molecule is CC1(C)OB(c2cc(C(=O)N3CCOCC3)cc3ccc(O)cc23)OC1(C)C. The first kappa shape index (κ1) is 19.2. The number of fused-ring (bicyclic) bond motifs is 1. The minimum atomic E-state index is -0.619. The number of benzene rings is 2. The van der Waals surface area contributed by atoms with E-state index < -0.39 is 18.3 Å². The summed E-state index contributed by atoms with van der Waals surface area (Å²) in [6.45, 7) is 10.3. The van der Waals surface area contributed by atoms with E-state index in [-0.39, 0.29) is 11.7 Å². The third kappa shape index (κ3) is 3.28. The molecule has 1 N–H and O–H groups in total. The summed E-state index contributed by atoms with van der Waals surface area (Å²) in [5.74, 6) is 0.133. The minimum absolute atomic E-state index is 0.0314. The Morgan fingerprint density at radius 1 is 1.04 bits per heavy atom. The van der Waals surface area contributed by atoms with Gasteiger partial charge in [-0.15, -0.1) is 0 Å². The first-order chi connectivity index (χ1) is 13.2. The quantitative estimate of drug-likeness (QED) is 0.807. The fraction of sp³-hybridized carbons (Fsp3) is 0.476. The third-order valence-corrected chi connectivity index (χ3v) is 6.02. The summed E-state index contributed by atoms with van der Waals surface area (Å²) in [6.07, 6.45) is 0. The predicted molar refractivity (Wildman–Crippen MR) is 108 cm³/mol. The lowest BCUT2D eigenvalue weighted by atomic mass is 9.75. The molecule has 7 heteroatoms. The molecule has 0 saturated carbocycles. The molecule has 4 rings (SSSR count). The van der Waals surface area contributed by atoms with Crippen molar-refractivity contribution in [2.75, 3.05) is 26.3 Å². The molecule has 2 aromatic carbocycles. The van der Waals surface area contributed by atoms with Gasteiger partial charge in [0.05, 0.1) is 24.4 Å². The first-order valence-electron chi connectivity index (χ1n) is 9.67. The van der Waals surface area contributed by atoms with Crippen LogP contribution >= 0.6 is 0 Å². The van der Waals surface area contributed by atoms with Gasteiger partial charge in [-0.1, -0.05) is 6.07 Å². The van der Waals surface area contributed by atoms with E-state index in [9.17, 15) is 9.90 Å². The van der Waals surface area contributed by atoms with Gasteiger partial charge in [0.1, 0.15) is 5.75 Å². The summed E-state index contributed by atoms with van der Waals surface area (Å²) in [5, 5.41) is 11.7. The highest BCUT2D eigenvalue weighted by Crippen LogP contribution is 2.37. The number of carbonyl (C=O) groups is 1. The first-order valence-corrected chi connectivity index (χ1v) is 9.67. The van der Waals surface area contributed by atoms with E-state index in [2.05, 4.69) is 0 Å². The van der Waals surface area contributed by atoms with Gasteiger partial charge in [-0.05, 0) is 68.2 Å². The smallest absolute Gasteiger partial charge is 0.495 e. The van der Waals surface area contributed by atoms with Gasteiger partial charge >= 0.3 is 7.12 Å². The van der Waals surface area contributed by atoms with Crippen molar-refractivity contribution >= 4 is 29.3 Å². The molecule has 148 valence electrons. The normalized spacial score (nSPS) is 21.3. The molecule has 2 fully saturated rings. The monoisotopic (exact) mass is 383 g/mol. The summed E-state index contributed by atoms with van der Waals surface area (Å²) in [5.41, 5.74) is 0.351. The number of hydrogen-bond donors (Lipinski definition) is 1. The van der Waals surface area contributed by atoms with E-state index in [1.54, 1.807) is 17.0 Å². The molecule has 0 aromatic heterocycles. The number of nitrogens with zero attached hydrogens (tertiary/aromatic N) is 1. The lowest BCUT2D eigenvalue weighted by molar-refractivity contribution is 0.00578.